The second kappa shape index (κ2) is 3.19. The van der Waals surface area contributed by atoms with Crippen LogP contribution >= 0.6 is 0 Å². The Labute approximate surface area is 66.5 Å². The first-order valence-corrected chi connectivity index (χ1v) is 3.40. The minimum atomic E-state index is 0.630. The number of nitrogens with zero attached hydrogens (tertiary/aromatic N) is 1. The number of methoxy groups -OCH3 is 1. The van der Waals surface area contributed by atoms with Crippen LogP contribution in [0.15, 0.2) is 24.9 Å². The first-order valence-electron chi connectivity index (χ1n) is 3.40. The summed E-state index contributed by atoms with van der Waals surface area (Å²) in [5.74, 6) is 0.630. The molecule has 0 bridgehead atoms. The molecule has 2 nitrogen and oxygen atoms in total. The quantitative estimate of drug-likeness (QED) is 0.642. The van der Waals surface area contributed by atoms with Crippen LogP contribution in [0.25, 0.3) is 5.57 Å². The van der Waals surface area contributed by atoms with Gasteiger partial charge in [0.15, 0.2) is 0 Å². The highest BCUT2D eigenvalue weighted by atomic mass is 16.5. The molecule has 0 aromatic carbocycles. The van der Waals surface area contributed by atoms with Crippen molar-refractivity contribution in [3.63, 3.8) is 0 Å². The van der Waals surface area contributed by atoms with Gasteiger partial charge in [-0.15, -0.1) is 0 Å². The van der Waals surface area contributed by atoms with E-state index in [0.29, 0.717) is 5.88 Å². The van der Waals surface area contributed by atoms with Gasteiger partial charge < -0.3 is 4.74 Å². The van der Waals surface area contributed by atoms with Gasteiger partial charge in [0, 0.05) is 12.3 Å². The molecule has 0 saturated heterocycles. The average Bonchev–Trinajstić information content (AvgIpc) is 2.05. The van der Waals surface area contributed by atoms with Gasteiger partial charge >= 0.3 is 0 Å². The van der Waals surface area contributed by atoms with E-state index in [0.717, 1.165) is 11.1 Å². The summed E-state index contributed by atoms with van der Waals surface area (Å²) >= 11 is 0. The molecule has 1 aromatic rings. The van der Waals surface area contributed by atoms with Crippen LogP contribution in [0.3, 0.4) is 0 Å². The van der Waals surface area contributed by atoms with Crippen molar-refractivity contribution in [1.82, 2.24) is 4.98 Å². The normalized spacial score (nSPS) is 9.27. The zero-order valence-electron chi connectivity index (χ0n) is 6.79. The molecular weight excluding hydrogens is 138 g/mol. The summed E-state index contributed by atoms with van der Waals surface area (Å²) in [4.78, 5) is 3.98. The predicted octanol–water partition coefficient (Wildman–Crippen LogP) is 2.12. The number of hydrogen-bond acceptors (Lipinski definition) is 2. The monoisotopic (exact) mass is 149 g/mol. The van der Waals surface area contributed by atoms with E-state index in [2.05, 4.69) is 11.6 Å². The van der Waals surface area contributed by atoms with Crippen LogP contribution < -0.4 is 4.74 Å². The number of ether oxygens (including phenoxy) is 1. The van der Waals surface area contributed by atoms with Crippen molar-refractivity contribution in [2.24, 2.45) is 0 Å². The predicted molar refractivity (Wildman–Crippen MR) is 45.5 cm³/mol. The number of rotatable bonds is 2. The van der Waals surface area contributed by atoms with E-state index >= 15 is 0 Å². The van der Waals surface area contributed by atoms with E-state index in [1.54, 1.807) is 13.3 Å². The molecule has 0 aliphatic rings. The minimum absolute atomic E-state index is 0.630. The van der Waals surface area contributed by atoms with Crippen LogP contribution in [0.2, 0.25) is 0 Å². The van der Waals surface area contributed by atoms with Gasteiger partial charge in [-0.1, -0.05) is 12.2 Å². The topological polar surface area (TPSA) is 22.1 Å². The lowest BCUT2D eigenvalue weighted by Crippen LogP contribution is -1.87. The smallest absolute Gasteiger partial charge is 0.213 e. The fraction of sp³-hybridized carbons (Fsp3) is 0.222. The van der Waals surface area contributed by atoms with Gasteiger partial charge in [0.05, 0.1) is 7.11 Å². The zero-order valence-corrected chi connectivity index (χ0v) is 6.79. The summed E-state index contributed by atoms with van der Waals surface area (Å²) < 4.78 is 4.95. The maximum absolute atomic E-state index is 4.95. The molecule has 0 radical (unpaired) electrons. The average molecular weight is 149 g/mol. The standard InChI is InChI=1S/C9H11NO/c1-7(2)8-4-5-10-9(6-8)11-3/h4-6H,1H2,2-3H3. The SMILES string of the molecule is C=C(C)c1ccnc(OC)c1. The number of pyridine rings is 1. The summed E-state index contributed by atoms with van der Waals surface area (Å²) in [6.07, 6.45) is 1.71. The van der Waals surface area contributed by atoms with Crippen molar-refractivity contribution < 1.29 is 4.74 Å². The summed E-state index contributed by atoms with van der Waals surface area (Å²) in [7, 11) is 1.60. The maximum Gasteiger partial charge on any atom is 0.213 e. The Morgan fingerprint density at radius 2 is 2.36 bits per heavy atom. The molecule has 1 heterocycles. The highest BCUT2D eigenvalue weighted by Crippen LogP contribution is 2.14. The molecule has 1 rings (SSSR count). The highest BCUT2D eigenvalue weighted by Gasteiger charge is 1.95. The fourth-order valence-corrected chi connectivity index (χ4v) is 0.787. The molecule has 0 amide bonds. The number of aromatic nitrogens is 1. The largest absolute Gasteiger partial charge is 0.481 e. The van der Waals surface area contributed by atoms with Crippen LogP contribution in [0.1, 0.15) is 12.5 Å². The van der Waals surface area contributed by atoms with Crippen LogP contribution in [0, 0.1) is 0 Å². The van der Waals surface area contributed by atoms with Gasteiger partial charge in [0.1, 0.15) is 0 Å². The van der Waals surface area contributed by atoms with Crippen LogP contribution in [-0.2, 0) is 0 Å². The molecule has 0 atom stereocenters. The Morgan fingerprint density at radius 1 is 1.64 bits per heavy atom. The molecule has 11 heavy (non-hydrogen) atoms. The molecule has 58 valence electrons. The van der Waals surface area contributed by atoms with Crippen molar-refractivity contribution in [3.05, 3.63) is 30.5 Å². The summed E-state index contributed by atoms with van der Waals surface area (Å²) in [5, 5.41) is 0. The van der Waals surface area contributed by atoms with E-state index in [4.69, 9.17) is 4.74 Å². The van der Waals surface area contributed by atoms with Gasteiger partial charge in [-0.05, 0) is 18.6 Å². The zero-order chi connectivity index (χ0) is 8.27. The van der Waals surface area contributed by atoms with Crippen molar-refractivity contribution in [1.29, 1.82) is 0 Å². The molecule has 0 N–H and O–H groups in total. The Bertz CT molecular complexity index is 268. The molecule has 0 fully saturated rings. The molecule has 0 unspecified atom stereocenters. The Morgan fingerprint density at radius 3 is 2.91 bits per heavy atom. The van der Waals surface area contributed by atoms with Gasteiger partial charge in [0.25, 0.3) is 0 Å². The van der Waals surface area contributed by atoms with E-state index in [1.807, 2.05) is 19.1 Å². The van der Waals surface area contributed by atoms with Crippen LogP contribution in [-0.4, -0.2) is 12.1 Å². The third-order valence-corrected chi connectivity index (χ3v) is 1.44. The van der Waals surface area contributed by atoms with Crippen molar-refractivity contribution in [2.45, 2.75) is 6.92 Å². The van der Waals surface area contributed by atoms with Crippen LogP contribution in [0.5, 0.6) is 5.88 Å². The van der Waals surface area contributed by atoms with Gasteiger partial charge in [0.2, 0.25) is 5.88 Å². The van der Waals surface area contributed by atoms with Gasteiger partial charge in [-0.2, -0.15) is 0 Å². The Balaban J connectivity index is 3.01. The minimum Gasteiger partial charge on any atom is -0.481 e. The molecule has 0 spiro atoms. The molecule has 2 heteroatoms. The van der Waals surface area contributed by atoms with E-state index in [-0.39, 0.29) is 0 Å². The highest BCUT2D eigenvalue weighted by molar-refractivity contribution is 5.61. The van der Waals surface area contributed by atoms with Crippen molar-refractivity contribution in [3.8, 4) is 5.88 Å². The second-order valence-corrected chi connectivity index (χ2v) is 2.37. The fourth-order valence-electron chi connectivity index (χ4n) is 0.787. The molecule has 0 aliphatic heterocycles. The van der Waals surface area contributed by atoms with Gasteiger partial charge in [-0.25, -0.2) is 4.98 Å². The lowest BCUT2D eigenvalue weighted by atomic mass is 10.1. The van der Waals surface area contributed by atoms with Crippen molar-refractivity contribution >= 4 is 5.57 Å². The summed E-state index contributed by atoms with van der Waals surface area (Å²) in [6, 6.07) is 3.77. The first kappa shape index (κ1) is 7.79. The third-order valence-electron chi connectivity index (χ3n) is 1.44. The summed E-state index contributed by atoms with van der Waals surface area (Å²) in [6.45, 7) is 5.77. The first-order chi connectivity index (χ1) is 5.24. The lowest BCUT2D eigenvalue weighted by Gasteiger charge is -2.01. The molecule has 1 aromatic heterocycles. The van der Waals surface area contributed by atoms with E-state index < -0.39 is 0 Å². The van der Waals surface area contributed by atoms with E-state index in [1.165, 1.54) is 0 Å². The summed E-state index contributed by atoms with van der Waals surface area (Å²) in [5.41, 5.74) is 2.09. The Kier molecular flexibility index (Phi) is 2.26. The van der Waals surface area contributed by atoms with Crippen molar-refractivity contribution in [2.75, 3.05) is 7.11 Å². The van der Waals surface area contributed by atoms with Gasteiger partial charge in [-0.3, -0.25) is 0 Å². The van der Waals surface area contributed by atoms with Crippen LogP contribution in [0.4, 0.5) is 0 Å². The second-order valence-electron chi connectivity index (χ2n) is 2.37. The number of allylic oxidation sites excluding steroid dienone is 1. The Hall–Kier alpha value is -1.31. The maximum atomic E-state index is 4.95. The molecule has 0 aliphatic carbocycles. The lowest BCUT2D eigenvalue weighted by molar-refractivity contribution is 0.398. The molecule has 0 saturated carbocycles. The third kappa shape index (κ3) is 1.80. The van der Waals surface area contributed by atoms with E-state index in [9.17, 15) is 0 Å². The molecular formula is C9H11NO. The number of hydrogen-bond donors (Lipinski definition) is 0.